The van der Waals surface area contributed by atoms with Gasteiger partial charge in [0.05, 0.1) is 27.8 Å². The smallest absolute Gasteiger partial charge is 0.159 e. The van der Waals surface area contributed by atoms with Crippen LogP contribution in [0.3, 0.4) is 0 Å². The maximum absolute atomic E-state index is 6.61. The molecule has 0 aliphatic heterocycles. The van der Waals surface area contributed by atoms with Gasteiger partial charge in [-0.1, -0.05) is 115 Å². The molecule has 0 spiro atoms. The van der Waals surface area contributed by atoms with Crippen molar-refractivity contribution in [1.82, 2.24) is 14.1 Å². The Morgan fingerprint density at radius 2 is 1.10 bits per heavy atom. The molecule has 5 aromatic heterocycles. The van der Waals surface area contributed by atoms with Gasteiger partial charge in [0.25, 0.3) is 0 Å². The number of benzene rings is 8. The van der Waals surface area contributed by atoms with E-state index in [0.29, 0.717) is 0 Å². The zero-order chi connectivity index (χ0) is 37.9. The summed E-state index contributed by atoms with van der Waals surface area (Å²) in [5, 5.41) is 7.98. The molecule has 0 aliphatic rings. The third-order valence-corrected chi connectivity index (χ3v) is 12.0. The van der Waals surface area contributed by atoms with E-state index in [1.165, 1.54) is 32.7 Å². The minimum absolute atomic E-state index is 0.785. The molecule has 270 valence electrons. The predicted molar refractivity (Wildman–Crippen MR) is 238 cm³/mol. The summed E-state index contributed by atoms with van der Waals surface area (Å²) in [4.78, 5) is 4.73. The van der Waals surface area contributed by atoms with Crippen LogP contribution >= 0.6 is 0 Å². The fourth-order valence-corrected chi connectivity index (χ4v) is 9.50. The first-order valence-electron chi connectivity index (χ1n) is 19.6. The van der Waals surface area contributed by atoms with Crippen LogP contribution < -0.4 is 0 Å². The lowest BCUT2D eigenvalue weighted by Gasteiger charge is -2.17. The molecule has 5 heteroatoms. The Morgan fingerprint density at radius 3 is 1.98 bits per heavy atom. The number of aromatic nitrogens is 3. The number of nitrogens with zero attached hydrogens (tertiary/aromatic N) is 3. The highest BCUT2D eigenvalue weighted by Gasteiger charge is 2.23. The molecule has 0 saturated heterocycles. The molecule has 13 rings (SSSR count). The molecule has 0 atom stereocenters. The van der Waals surface area contributed by atoms with Gasteiger partial charge in [-0.2, -0.15) is 0 Å². The number of para-hydroxylation sites is 4. The maximum atomic E-state index is 6.61. The lowest BCUT2D eigenvalue weighted by Crippen LogP contribution is -1.97. The van der Waals surface area contributed by atoms with Crippen molar-refractivity contribution in [3.63, 3.8) is 0 Å². The van der Waals surface area contributed by atoms with Crippen LogP contribution in [0.5, 0.6) is 0 Å². The zero-order valence-electron chi connectivity index (χ0n) is 31.1. The minimum Gasteiger partial charge on any atom is -0.454 e. The lowest BCUT2D eigenvalue weighted by molar-refractivity contribution is 0.666. The van der Waals surface area contributed by atoms with Crippen LogP contribution in [-0.2, 0) is 0 Å². The molecule has 13 aromatic rings. The number of pyridine rings is 1. The maximum Gasteiger partial charge on any atom is 0.159 e. The molecule has 0 amide bonds. The Morgan fingerprint density at radius 1 is 0.397 bits per heavy atom. The Kier molecular flexibility index (Phi) is 6.38. The Hall–Kier alpha value is -7.89. The monoisotopic (exact) mass is 741 g/mol. The van der Waals surface area contributed by atoms with Gasteiger partial charge in [0.15, 0.2) is 11.2 Å². The van der Waals surface area contributed by atoms with Gasteiger partial charge in [0, 0.05) is 55.2 Å². The van der Waals surface area contributed by atoms with E-state index in [1.54, 1.807) is 0 Å². The summed E-state index contributed by atoms with van der Waals surface area (Å²) in [5.74, 6) is 0. The van der Waals surface area contributed by atoms with Gasteiger partial charge in [-0.3, -0.25) is 4.98 Å². The molecule has 0 unspecified atom stereocenters. The van der Waals surface area contributed by atoms with Gasteiger partial charge in [0.1, 0.15) is 16.7 Å². The predicted octanol–water partition coefficient (Wildman–Crippen LogP) is 14.4. The molecule has 0 N–H and O–H groups in total. The number of furan rings is 2. The van der Waals surface area contributed by atoms with Crippen LogP contribution in [0, 0.1) is 0 Å². The average Bonchev–Trinajstić information content (AvgIpc) is 4.04. The van der Waals surface area contributed by atoms with E-state index in [-0.39, 0.29) is 0 Å². The summed E-state index contributed by atoms with van der Waals surface area (Å²) < 4.78 is 17.6. The second kappa shape index (κ2) is 11.8. The first kappa shape index (κ1) is 31.3. The van der Waals surface area contributed by atoms with Crippen molar-refractivity contribution in [3.8, 4) is 33.6 Å². The number of hydrogen-bond donors (Lipinski definition) is 0. The van der Waals surface area contributed by atoms with E-state index >= 15 is 0 Å². The second-order valence-electron chi connectivity index (χ2n) is 15.1. The number of rotatable bonds is 4. The SMILES string of the molecule is c1ccc(-c2ccc3c4ccccc4n(-c4ccc5oc6cccnc6c5c4)c3c2-c2ccc3c(c2)c2ccccc2n3-c2cccc3c2oc2ccccc23)cc1. The number of fused-ring (bicyclic) bond motifs is 12. The van der Waals surface area contributed by atoms with Gasteiger partial charge in [-0.25, -0.2) is 0 Å². The Balaban J connectivity index is 1.14. The first-order chi connectivity index (χ1) is 28.8. The molecule has 58 heavy (non-hydrogen) atoms. The lowest BCUT2D eigenvalue weighted by atomic mass is 9.91. The minimum atomic E-state index is 0.785. The van der Waals surface area contributed by atoms with Crippen LogP contribution in [0.2, 0.25) is 0 Å². The van der Waals surface area contributed by atoms with E-state index in [9.17, 15) is 0 Å². The topological polar surface area (TPSA) is 49.0 Å². The van der Waals surface area contributed by atoms with Crippen LogP contribution in [0.25, 0.3) is 121 Å². The van der Waals surface area contributed by atoms with E-state index in [4.69, 9.17) is 13.8 Å². The molecular formula is C53H31N3O2. The number of hydrogen-bond acceptors (Lipinski definition) is 3. The molecule has 0 fully saturated rings. The largest absolute Gasteiger partial charge is 0.454 e. The van der Waals surface area contributed by atoms with Gasteiger partial charge in [-0.05, 0) is 83.4 Å². The molecule has 0 radical (unpaired) electrons. The molecule has 0 bridgehead atoms. The van der Waals surface area contributed by atoms with Crippen LogP contribution in [0.15, 0.2) is 197 Å². The van der Waals surface area contributed by atoms with Crippen LogP contribution in [-0.4, -0.2) is 14.1 Å². The molecular weight excluding hydrogens is 711 g/mol. The van der Waals surface area contributed by atoms with Crippen molar-refractivity contribution in [1.29, 1.82) is 0 Å². The van der Waals surface area contributed by atoms with Crippen molar-refractivity contribution in [2.75, 3.05) is 0 Å². The first-order valence-corrected chi connectivity index (χ1v) is 19.6. The fraction of sp³-hybridized carbons (Fsp3) is 0. The summed E-state index contributed by atoms with van der Waals surface area (Å²) in [6.07, 6.45) is 1.83. The Labute approximate surface area is 331 Å². The van der Waals surface area contributed by atoms with Crippen molar-refractivity contribution < 1.29 is 8.83 Å². The van der Waals surface area contributed by atoms with Gasteiger partial charge in [0.2, 0.25) is 0 Å². The quantitative estimate of drug-likeness (QED) is 0.180. The summed E-state index contributed by atoms with van der Waals surface area (Å²) >= 11 is 0. The van der Waals surface area contributed by atoms with Gasteiger partial charge >= 0.3 is 0 Å². The Bertz CT molecular complexity index is 3810. The van der Waals surface area contributed by atoms with Gasteiger partial charge < -0.3 is 18.0 Å². The summed E-state index contributed by atoms with van der Waals surface area (Å²) in [6, 6.07) is 65.0. The fourth-order valence-electron chi connectivity index (χ4n) is 9.50. The zero-order valence-corrected chi connectivity index (χ0v) is 31.1. The highest BCUT2D eigenvalue weighted by Crippen LogP contribution is 2.46. The molecule has 5 nitrogen and oxygen atoms in total. The third-order valence-electron chi connectivity index (χ3n) is 12.0. The molecule has 0 saturated carbocycles. The second-order valence-corrected chi connectivity index (χ2v) is 15.1. The molecule has 0 aliphatic carbocycles. The van der Waals surface area contributed by atoms with Crippen molar-refractivity contribution in [2.24, 2.45) is 0 Å². The molecule has 5 heterocycles. The van der Waals surface area contributed by atoms with Crippen molar-refractivity contribution in [2.45, 2.75) is 0 Å². The average molecular weight is 742 g/mol. The van der Waals surface area contributed by atoms with Gasteiger partial charge in [-0.15, -0.1) is 0 Å². The summed E-state index contributed by atoms with van der Waals surface area (Å²) in [7, 11) is 0. The van der Waals surface area contributed by atoms with E-state index in [2.05, 4.69) is 167 Å². The third kappa shape index (κ3) is 4.33. The van der Waals surface area contributed by atoms with E-state index in [0.717, 1.165) is 88.6 Å². The van der Waals surface area contributed by atoms with E-state index in [1.807, 2.05) is 30.5 Å². The van der Waals surface area contributed by atoms with Crippen LogP contribution in [0.4, 0.5) is 0 Å². The van der Waals surface area contributed by atoms with E-state index < -0.39 is 0 Å². The summed E-state index contributed by atoms with van der Waals surface area (Å²) in [6.45, 7) is 0. The summed E-state index contributed by atoms with van der Waals surface area (Å²) in [5.41, 5.74) is 15.5. The molecule has 8 aromatic carbocycles. The normalized spacial score (nSPS) is 12.1. The highest BCUT2D eigenvalue weighted by atomic mass is 16.3. The standard InChI is InChI=1S/C53H31N3O2/c1-2-12-32(13-3-1)35-25-26-39-36-14-4-7-18-43(36)55(34-24-28-48-42(31-34)51-49(57-48)22-11-29-54-51)52(39)50(35)33-23-27-45-41(30-33)37-15-5-8-19-44(37)56(45)46-20-10-17-40-38-16-6-9-21-47(38)58-53(40)46/h1-31H. The van der Waals surface area contributed by atoms with Crippen LogP contribution in [0.1, 0.15) is 0 Å². The van der Waals surface area contributed by atoms with Crippen molar-refractivity contribution in [3.05, 3.63) is 188 Å². The van der Waals surface area contributed by atoms with Crippen molar-refractivity contribution >= 4 is 87.6 Å². The highest BCUT2D eigenvalue weighted by molar-refractivity contribution is 6.19.